The monoisotopic (exact) mass is 212 g/mol. The van der Waals surface area contributed by atoms with E-state index in [1.165, 1.54) is 19.3 Å². The number of hydrogen-bond acceptors (Lipinski definition) is 2. The summed E-state index contributed by atoms with van der Waals surface area (Å²) >= 11 is 0. The fourth-order valence-corrected chi connectivity index (χ4v) is 2.55. The lowest BCUT2D eigenvalue weighted by Gasteiger charge is -2.36. The standard InChI is InChI=1S/C13H24O2/c1-3-8-12(14)15-13(9-4-2)10-6-5-7-11-13/h3-11H2,1-2H3. The zero-order valence-corrected chi connectivity index (χ0v) is 10.2. The van der Waals surface area contributed by atoms with Crippen molar-refractivity contribution in [2.75, 3.05) is 0 Å². The normalized spacial score (nSPS) is 19.9. The summed E-state index contributed by atoms with van der Waals surface area (Å²) in [5.41, 5.74) is -0.0980. The van der Waals surface area contributed by atoms with Gasteiger partial charge in [0.05, 0.1) is 0 Å². The molecule has 2 nitrogen and oxygen atoms in total. The molecule has 0 unspecified atom stereocenters. The summed E-state index contributed by atoms with van der Waals surface area (Å²) in [6.45, 7) is 4.19. The van der Waals surface area contributed by atoms with Gasteiger partial charge in [0.15, 0.2) is 0 Å². The molecule has 0 N–H and O–H groups in total. The average Bonchev–Trinajstić information content (AvgIpc) is 2.19. The molecule has 0 saturated heterocycles. The van der Waals surface area contributed by atoms with Crippen molar-refractivity contribution in [1.29, 1.82) is 0 Å². The third-order valence-corrected chi connectivity index (χ3v) is 3.25. The maximum Gasteiger partial charge on any atom is 0.306 e. The molecule has 0 aliphatic heterocycles. The molecule has 1 saturated carbocycles. The van der Waals surface area contributed by atoms with Crippen LogP contribution in [0.25, 0.3) is 0 Å². The Bertz CT molecular complexity index is 187. The van der Waals surface area contributed by atoms with Gasteiger partial charge in [-0.15, -0.1) is 0 Å². The van der Waals surface area contributed by atoms with Crippen molar-refractivity contribution in [3.63, 3.8) is 0 Å². The van der Waals surface area contributed by atoms with E-state index < -0.39 is 0 Å². The van der Waals surface area contributed by atoms with Crippen molar-refractivity contribution < 1.29 is 9.53 Å². The van der Waals surface area contributed by atoms with Crippen molar-refractivity contribution in [2.45, 2.75) is 77.2 Å². The van der Waals surface area contributed by atoms with Crippen LogP contribution in [0.1, 0.15) is 71.6 Å². The van der Waals surface area contributed by atoms with Crippen LogP contribution in [-0.2, 0) is 9.53 Å². The molecule has 1 rings (SSSR count). The lowest BCUT2D eigenvalue weighted by molar-refractivity contribution is -0.164. The molecule has 1 fully saturated rings. The van der Waals surface area contributed by atoms with E-state index >= 15 is 0 Å². The lowest BCUT2D eigenvalue weighted by Crippen LogP contribution is -2.37. The minimum atomic E-state index is -0.0980. The molecule has 88 valence electrons. The molecule has 0 atom stereocenters. The highest BCUT2D eigenvalue weighted by atomic mass is 16.6. The van der Waals surface area contributed by atoms with E-state index in [1.807, 2.05) is 6.92 Å². The molecule has 2 heteroatoms. The van der Waals surface area contributed by atoms with Crippen molar-refractivity contribution in [3.8, 4) is 0 Å². The Morgan fingerprint density at radius 1 is 1.13 bits per heavy atom. The summed E-state index contributed by atoms with van der Waals surface area (Å²) < 4.78 is 5.72. The van der Waals surface area contributed by atoms with Crippen LogP contribution in [0.5, 0.6) is 0 Å². The van der Waals surface area contributed by atoms with Gasteiger partial charge in [-0.3, -0.25) is 4.79 Å². The number of esters is 1. The fourth-order valence-electron chi connectivity index (χ4n) is 2.55. The Hall–Kier alpha value is -0.530. The molecule has 0 spiro atoms. The van der Waals surface area contributed by atoms with Gasteiger partial charge in [0.2, 0.25) is 0 Å². The molecular weight excluding hydrogens is 188 g/mol. The second-order valence-electron chi connectivity index (χ2n) is 4.72. The van der Waals surface area contributed by atoms with Gasteiger partial charge in [-0.1, -0.05) is 26.7 Å². The Kier molecular flexibility index (Phi) is 5.13. The molecule has 1 aliphatic rings. The largest absolute Gasteiger partial charge is 0.459 e. The van der Waals surface area contributed by atoms with Crippen LogP contribution in [0.2, 0.25) is 0 Å². The summed E-state index contributed by atoms with van der Waals surface area (Å²) in [6.07, 6.45) is 9.52. The van der Waals surface area contributed by atoms with Gasteiger partial charge in [-0.25, -0.2) is 0 Å². The quantitative estimate of drug-likeness (QED) is 0.647. The maximum atomic E-state index is 11.6. The second kappa shape index (κ2) is 6.14. The minimum Gasteiger partial charge on any atom is -0.459 e. The third-order valence-electron chi connectivity index (χ3n) is 3.25. The topological polar surface area (TPSA) is 26.3 Å². The molecule has 0 bridgehead atoms. The number of carbonyl (C=O) groups excluding carboxylic acids is 1. The highest BCUT2D eigenvalue weighted by Gasteiger charge is 2.34. The zero-order chi connectivity index (χ0) is 11.1. The van der Waals surface area contributed by atoms with E-state index in [0.29, 0.717) is 6.42 Å². The van der Waals surface area contributed by atoms with E-state index in [9.17, 15) is 4.79 Å². The first-order valence-electron chi connectivity index (χ1n) is 6.44. The van der Waals surface area contributed by atoms with Crippen molar-refractivity contribution in [3.05, 3.63) is 0 Å². The summed E-state index contributed by atoms with van der Waals surface area (Å²) in [5.74, 6) is 0.00727. The van der Waals surface area contributed by atoms with Crippen LogP contribution in [-0.4, -0.2) is 11.6 Å². The summed E-state index contributed by atoms with van der Waals surface area (Å²) in [6, 6.07) is 0. The van der Waals surface area contributed by atoms with Crippen LogP contribution in [0, 0.1) is 0 Å². The maximum absolute atomic E-state index is 11.6. The molecule has 0 aromatic heterocycles. The first kappa shape index (κ1) is 12.5. The number of carbonyl (C=O) groups is 1. The Labute approximate surface area is 93.4 Å². The van der Waals surface area contributed by atoms with E-state index in [1.54, 1.807) is 0 Å². The van der Waals surface area contributed by atoms with Gasteiger partial charge in [-0.05, 0) is 38.5 Å². The highest BCUT2D eigenvalue weighted by Crippen LogP contribution is 2.35. The molecule has 0 amide bonds. The summed E-state index contributed by atoms with van der Waals surface area (Å²) in [4.78, 5) is 11.6. The van der Waals surface area contributed by atoms with Crippen LogP contribution in [0.15, 0.2) is 0 Å². The van der Waals surface area contributed by atoms with Gasteiger partial charge in [0, 0.05) is 6.42 Å². The molecule has 1 aliphatic carbocycles. The van der Waals surface area contributed by atoms with Crippen LogP contribution in [0.3, 0.4) is 0 Å². The van der Waals surface area contributed by atoms with Gasteiger partial charge in [0.1, 0.15) is 5.60 Å². The molecule has 0 heterocycles. The Balaban J connectivity index is 2.51. The SMILES string of the molecule is CCCC(=O)OC1(CCC)CCCCC1. The van der Waals surface area contributed by atoms with Crippen LogP contribution < -0.4 is 0 Å². The predicted molar refractivity (Wildman–Crippen MR) is 61.7 cm³/mol. The van der Waals surface area contributed by atoms with Gasteiger partial charge in [-0.2, -0.15) is 0 Å². The van der Waals surface area contributed by atoms with E-state index in [-0.39, 0.29) is 11.6 Å². The number of hydrogen-bond donors (Lipinski definition) is 0. The van der Waals surface area contributed by atoms with E-state index in [0.717, 1.165) is 32.1 Å². The molecule has 0 radical (unpaired) electrons. The highest BCUT2D eigenvalue weighted by molar-refractivity contribution is 5.69. The third kappa shape index (κ3) is 3.84. The van der Waals surface area contributed by atoms with Crippen molar-refractivity contribution in [1.82, 2.24) is 0 Å². The van der Waals surface area contributed by atoms with Gasteiger partial charge < -0.3 is 4.74 Å². The second-order valence-corrected chi connectivity index (χ2v) is 4.72. The predicted octanol–water partition coefficient (Wildman–Crippen LogP) is 3.83. The van der Waals surface area contributed by atoms with Crippen molar-refractivity contribution >= 4 is 5.97 Å². The lowest BCUT2D eigenvalue weighted by atomic mass is 9.81. The minimum absolute atomic E-state index is 0.00727. The molecular formula is C13H24O2. The average molecular weight is 212 g/mol. The smallest absolute Gasteiger partial charge is 0.306 e. The van der Waals surface area contributed by atoms with E-state index in [4.69, 9.17) is 4.74 Å². The summed E-state index contributed by atoms with van der Waals surface area (Å²) in [5, 5.41) is 0. The summed E-state index contributed by atoms with van der Waals surface area (Å²) in [7, 11) is 0. The van der Waals surface area contributed by atoms with Crippen LogP contribution >= 0.6 is 0 Å². The molecule has 0 aromatic carbocycles. The first-order chi connectivity index (χ1) is 7.22. The van der Waals surface area contributed by atoms with Crippen LogP contribution in [0.4, 0.5) is 0 Å². The van der Waals surface area contributed by atoms with Gasteiger partial charge in [0.25, 0.3) is 0 Å². The number of ether oxygens (including phenoxy) is 1. The Morgan fingerprint density at radius 3 is 2.33 bits per heavy atom. The molecule has 15 heavy (non-hydrogen) atoms. The van der Waals surface area contributed by atoms with Crippen molar-refractivity contribution in [2.24, 2.45) is 0 Å². The zero-order valence-electron chi connectivity index (χ0n) is 10.2. The Morgan fingerprint density at radius 2 is 1.80 bits per heavy atom. The van der Waals surface area contributed by atoms with E-state index in [2.05, 4.69) is 6.92 Å². The first-order valence-corrected chi connectivity index (χ1v) is 6.44. The molecule has 0 aromatic rings. The fraction of sp³-hybridized carbons (Fsp3) is 0.923. The number of rotatable bonds is 5. The van der Waals surface area contributed by atoms with Gasteiger partial charge >= 0.3 is 5.97 Å².